The number of unbranched alkanes of at least 4 members (excludes halogenated alkanes) is 3. The first-order valence-electron chi connectivity index (χ1n) is 13.8. The number of carbonyl (C=O) groups excluding carboxylic acids is 1. The first-order chi connectivity index (χ1) is 18.1. The number of carbonyl (C=O) groups is 1. The van der Waals surface area contributed by atoms with E-state index in [1.807, 2.05) is 6.07 Å². The van der Waals surface area contributed by atoms with E-state index in [0.29, 0.717) is 17.6 Å². The topological polar surface area (TPSA) is 98.7 Å². The van der Waals surface area contributed by atoms with Crippen molar-refractivity contribution in [2.45, 2.75) is 70.4 Å². The van der Waals surface area contributed by atoms with Crippen LogP contribution in [0.1, 0.15) is 70.2 Å². The number of sulfonamides is 1. The van der Waals surface area contributed by atoms with Gasteiger partial charge in [0.15, 0.2) is 5.03 Å². The van der Waals surface area contributed by atoms with E-state index in [4.69, 9.17) is 0 Å². The van der Waals surface area contributed by atoms with Crippen molar-refractivity contribution in [3.05, 3.63) is 42.1 Å². The number of hydrogen-bond donors (Lipinski definition) is 1. The summed E-state index contributed by atoms with van der Waals surface area (Å²) in [5.41, 5.74) is 0.0568. The summed E-state index contributed by atoms with van der Waals surface area (Å²) in [7, 11) is -4.17. The van der Waals surface area contributed by atoms with E-state index in [-0.39, 0.29) is 16.1 Å². The molecule has 0 radical (unpaired) electrons. The van der Waals surface area contributed by atoms with E-state index in [1.165, 1.54) is 31.7 Å². The van der Waals surface area contributed by atoms with Crippen molar-refractivity contribution in [2.24, 2.45) is 5.92 Å². The minimum atomic E-state index is -4.17. The predicted molar refractivity (Wildman–Crippen MR) is 151 cm³/mol. The van der Waals surface area contributed by atoms with Crippen molar-refractivity contribution in [3.63, 3.8) is 0 Å². The van der Waals surface area contributed by atoms with Crippen molar-refractivity contribution in [3.8, 4) is 0 Å². The van der Waals surface area contributed by atoms with Gasteiger partial charge < -0.3 is 9.80 Å². The molecule has 2 saturated heterocycles. The Kier molecular flexibility index (Phi) is 8.92. The van der Waals surface area contributed by atoms with Crippen LogP contribution < -0.4 is 14.5 Å². The van der Waals surface area contributed by atoms with Gasteiger partial charge in [0.05, 0.1) is 5.56 Å². The van der Waals surface area contributed by atoms with Crippen LogP contribution in [0.25, 0.3) is 0 Å². The second-order valence-corrected chi connectivity index (χ2v) is 12.9. The van der Waals surface area contributed by atoms with Crippen LogP contribution in [0.5, 0.6) is 0 Å². The van der Waals surface area contributed by atoms with Crippen LogP contribution in [-0.4, -0.2) is 74.0 Å². The molecule has 2 aromatic rings. The average molecular weight is 543 g/mol. The molecule has 1 N–H and O–H groups in total. The number of anilines is 2. The Morgan fingerprint density at radius 1 is 1.08 bits per heavy atom. The lowest BCUT2D eigenvalue weighted by Gasteiger charge is -2.35. The van der Waals surface area contributed by atoms with Crippen molar-refractivity contribution < 1.29 is 13.2 Å². The maximum atomic E-state index is 13.3. The van der Waals surface area contributed by atoms with Gasteiger partial charge in [0.25, 0.3) is 15.9 Å². The van der Waals surface area contributed by atoms with Gasteiger partial charge in [-0.05, 0) is 63.4 Å². The number of aromatic nitrogens is 2. The number of piperazine rings is 1. The van der Waals surface area contributed by atoms with Gasteiger partial charge in [-0.25, -0.2) is 14.7 Å². The summed E-state index contributed by atoms with van der Waals surface area (Å²) in [6.07, 6.45) is 7.59. The Bertz CT molecular complexity index is 1210. The molecule has 1 atom stereocenters. The third-order valence-corrected chi connectivity index (χ3v) is 8.83. The zero-order valence-electron chi connectivity index (χ0n) is 23.2. The number of rotatable bonds is 10. The number of pyridine rings is 2. The van der Waals surface area contributed by atoms with E-state index in [9.17, 15) is 13.2 Å². The molecule has 10 heteroatoms. The molecular formula is C28H42N6O3S. The Morgan fingerprint density at radius 3 is 2.53 bits per heavy atom. The molecule has 2 aliphatic rings. The van der Waals surface area contributed by atoms with Crippen LogP contribution in [-0.2, 0) is 10.0 Å². The quantitative estimate of drug-likeness (QED) is 0.451. The van der Waals surface area contributed by atoms with E-state index >= 15 is 0 Å². The molecule has 2 aromatic heterocycles. The van der Waals surface area contributed by atoms with Crippen molar-refractivity contribution in [1.29, 1.82) is 0 Å². The molecular weight excluding hydrogens is 500 g/mol. The molecule has 4 rings (SSSR count). The van der Waals surface area contributed by atoms with Crippen molar-refractivity contribution in [1.82, 2.24) is 19.6 Å². The SMILES string of the molecule is CCCCCCN1CCN(c2cccc(S(=O)(=O)NC(=O)c3cccnc3N3CC(C)CC3(C)C)n2)CC1. The summed E-state index contributed by atoms with van der Waals surface area (Å²) in [5.74, 6) is 0.860. The molecule has 2 fully saturated rings. The zero-order valence-corrected chi connectivity index (χ0v) is 24.0. The monoisotopic (exact) mass is 542 g/mol. The second-order valence-electron chi connectivity index (χ2n) is 11.3. The smallest absolute Gasteiger partial charge is 0.281 e. The van der Waals surface area contributed by atoms with Crippen molar-refractivity contribution in [2.75, 3.05) is 49.1 Å². The molecule has 38 heavy (non-hydrogen) atoms. The third kappa shape index (κ3) is 6.64. The predicted octanol–water partition coefficient (Wildman–Crippen LogP) is 3.92. The summed E-state index contributed by atoms with van der Waals surface area (Å²) in [5, 5.41) is -0.161. The first kappa shape index (κ1) is 28.3. The molecule has 4 heterocycles. The van der Waals surface area contributed by atoms with Gasteiger partial charge in [-0.3, -0.25) is 9.69 Å². The van der Waals surface area contributed by atoms with Gasteiger partial charge in [0.1, 0.15) is 11.6 Å². The van der Waals surface area contributed by atoms with E-state index in [2.05, 4.69) is 57.1 Å². The Labute approximate surface area is 227 Å². The number of amides is 1. The summed E-state index contributed by atoms with van der Waals surface area (Å²) in [6.45, 7) is 13.9. The summed E-state index contributed by atoms with van der Waals surface area (Å²) in [4.78, 5) is 28.8. The van der Waals surface area contributed by atoms with Crippen LogP contribution >= 0.6 is 0 Å². The maximum Gasteiger partial charge on any atom is 0.281 e. The normalized spacial score (nSPS) is 20.1. The highest BCUT2D eigenvalue weighted by Gasteiger charge is 2.39. The van der Waals surface area contributed by atoms with E-state index in [1.54, 1.807) is 24.4 Å². The minimum Gasteiger partial charge on any atom is -0.354 e. The molecule has 0 aliphatic carbocycles. The highest BCUT2D eigenvalue weighted by Crippen LogP contribution is 2.37. The Hall–Kier alpha value is -2.72. The molecule has 0 spiro atoms. The van der Waals surface area contributed by atoms with Gasteiger partial charge >= 0.3 is 0 Å². The number of nitrogens with zero attached hydrogens (tertiary/aromatic N) is 5. The number of hydrogen-bond acceptors (Lipinski definition) is 8. The van der Waals surface area contributed by atoms with Gasteiger partial charge in [-0.2, -0.15) is 8.42 Å². The fraction of sp³-hybridized carbons (Fsp3) is 0.607. The average Bonchev–Trinajstić information content (AvgIpc) is 3.18. The molecule has 1 amide bonds. The van der Waals surface area contributed by atoms with E-state index < -0.39 is 15.9 Å². The molecule has 208 valence electrons. The van der Waals surface area contributed by atoms with Crippen LogP contribution in [0.15, 0.2) is 41.6 Å². The van der Waals surface area contributed by atoms with Gasteiger partial charge in [0.2, 0.25) is 0 Å². The summed E-state index contributed by atoms with van der Waals surface area (Å²) in [6, 6.07) is 8.21. The lowest BCUT2D eigenvalue weighted by molar-refractivity contribution is 0.0981. The second kappa shape index (κ2) is 12.0. The minimum absolute atomic E-state index is 0.161. The molecule has 2 aliphatic heterocycles. The summed E-state index contributed by atoms with van der Waals surface area (Å²) < 4.78 is 28.7. The van der Waals surface area contributed by atoms with Crippen LogP contribution in [0.2, 0.25) is 0 Å². The molecule has 9 nitrogen and oxygen atoms in total. The standard InChI is InChI=1S/C28H42N6O3S/c1-5-6-7-8-15-32-16-18-33(19-17-32)24-12-9-13-25(30-24)38(36,37)31-27(35)23-11-10-14-29-26(23)34-21-22(2)20-28(34,3)4/h9-14,22H,5-8,15-21H2,1-4H3,(H,31,35). The number of nitrogens with one attached hydrogen (secondary N) is 1. The fourth-order valence-corrected chi connectivity index (χ4v) is 6.60. The van der Waals surface area contributed by atoms with Gasteiger partial charge in [-0.15, -0.1) is 0 Å². The molecule has 1 unspecified atom stereocenters. The first-order valence-corrected chi connectivity index (χ1v) is 15.3. The largest absolute Gasteiger partial charge is 0.354 e. The Balaban J connectivity index is 1.44. The Morgan fingerprint density at radius 2 is 1.84 bits per heavy atom. The third-order valence-electron chi connectivity index (χ3n) is 7.60. The van der Waals surface area contributed by atoms with Gasteiger partial charge in [0, 0.05) is 44.5 Å². The van der Waals surface area contributed by atoms with Crippen LogP contribution in [0.3, 0.4) is 0 Å². The molecule has 0 aromatic carbocycles. The molecule has 0 bridgehead atoms. The zero-order chi connectivity index (χ0) is 27.3. The van der Waals surface area contributed by atoms with Crippen molar-refractivity contribution >= 4 is 27.6 Å². The summed E-state index contributed by atoms with van der Waals surface area (Å²) >= 11 is 0. The fourth-order valence-electron chi connectivity index (χ4n) is 5.67. The highest BCUT2D eigenvalue weighted by atomic mass is 32.2. The lowest BCUT2D eigenvalue weighted by atomic mass is 9.97. The van der Waals surface area contributed by atoms with Crippen LogP contribution in [0, 0.1) is 5.92 Å². The van der Waals surface area contributed by atoms with Crippen LogP contribution in [0.4, 0.5) is 11.6 Å². The van der Waals surface area contributed by atoms with Gasteiger partial charge in [-0.1, -0.05) is 39.2 Å². The highest BCUT2D eigenvalue weighted by molar-refractivity contribution is 7.90. The molecule has 0 saturated carbocycles. The van der Waals surface area contributed by atoms with E-state index in [0.717, 1.165) is 45.7 Å². The maximum absolute atomic E-state index is 13.3. The lowest BCUT2D eigenvalue weighted by Crippen LogP contribution is -2.47.